The minimum atomic E-state index is -0.0711. The van der Waals surface area contributed by atoms with E-state index in [0.29, 0.717) is 23.5 Å². The maximum atomic E-state index is 13.0. The molecular weight excluding hydrogens is 356 g/mol. The van der Waals surface area contributed by atoms with Crippen LogP contribution < -0.4 is 10.2 Å². The monoisotopic (exact) mass is 376 g/mol. The summed E-state index contributed by atoms with van der Waals surface area (Å²) in [4.78, 5) is 27.6. The van der Waals surface area contributed by atoms with E-state index in [9.17, 15) is 9.59 Å². The first kappa shape index (κ1) is 17.5. The maximum Gasteiger partial charge on any atom is 0.261 e. The first-order valence-electron chi connectivity index (χ1n) is 8.94. The molecule has 136 valence electrons. The third-order valence-electron chi connectivity index (χ3n) is 4.75. The van der Waals surface area contributed by atoms with Gasteiger partial charge in [0.1, 0.15) is 0 Å². The number of anilines is 1. The first-order valence-corrected chi connectivity index (χ1v) is 9.82. The highest BCUT2D eigenvalue weighted by atomic mass is 32.1. The lowest BCUT2D eigenvalue weighted by Crippen LogP contribution is -2.29. The second-order valence-electron chi connectivity index (χ2n) is 6.70. The van der Waals surface area contributed by atoms with Gasteiger partial charge in [0, 0.05) is 24.3 Å². The highest BCUT2D eigenvalue weighted by Crippen LogP contribution is 2.30. The molecule has 4 rings (SSSR count). The van der Waals surface area contributed by atoms with Crippen LogP contribution in [0.1, 0.15) is 36.7 Å². The third kappa shape index (κ3) is 3.64. The molecule has 1 N–H and O–H groups in total. The van der Waals surface area contributed by atoms with Crippen LogP contribution in [0.2, 0.25) is 0 Å². The van der Waals surface area contributed by atoms with Crippen molar-refractivity contribution in [3.05, 3.63) is 87.1 Å². The Balaban J connectivity index is 1.52. The van der Waals surface area contributed by atoms with Crippen LogP contribution in [0, 0.1) is 6.92 Å². The number of nitrogens with zero attached hydrogens (tertiary/aromatic N) is 1. The van der Waals surface area contributed by atoms with Crippen molar-refractivity contribution in [3.8, 4) is 0 Å². The normalized spacial score (nSPS) is 12.7. The molecule has 0 bridgehead atoms. The maximum absolute atomic E-state index is 13.0. The summed E-state index contributed by atoms with van der Waals surface area (Å²) in [7, 11) is 0. The standard InChI is InChI=1S/C22H20N2O2S/c1-15-4-2-5-18(12-15)22(26)24-10-9-17-8-7-16(13-19(17)24)14-23-21(25)20-6-3-11-27-20/h2-8,11-13H,9-10,14H2,1H3,(H,23,25). The van der Waals surface area contributed by atoms with Crippen LogP contribution in [-0.2, 0) is 13.0 Å². The molecule has 0 saturated heterocycles. The fourth-order valence-corrected chi connectivity index (χ4v) is 4.00. The van der Waals surface area contributed by atoms with E-state index >= 15 is 0 Å². The number of carbonyl (C=O) groups is 2. The van der Waals surface area contributed by atoms with Gasteiger partial charge in [-0.25, -0.2) is 0 Å². The molecule has 2 aromatic carbocycles. The zero-order chi connectivity index (χ0) is 18.8. The summed E-state index contributed by atoms with van der Waals surface area (Å²) in [5, 5.41) is 4.83. The Morgan fingerprint density at radius 2 is 2.00 bits per heavy atom. The fraction of sp³-hybridized carbons (Fsp3) is 0.182. The van der Waals surface area contributed by atoms with Gasteiger partial charge in [-0.1, -0.05) is 35.9 Å². The van der Waals surface area contributed by atoms with Crippen molar-refractivity contribution in [3.63, 3.8) is 0 Å². The van der Waals surface area contributed by atoms with E-state index in [2.05, 4.69) is 11.4 Å². The minimum absolute atomic E-state index is 0.0252. The van der Waals surface area contributed by atoms with Crippen LogP contribution in [-0.4, -0.2) is 18.4 Å². The van der Waals surface area contributed by atoms with Crippen molar-refractivity contribution in [2.45, 2.75) is 19.9 Å². The average molecular weight is 376 g/mol. The molecule has 1 aliphatic rings. The number of hydrogen-bond donors (Lipinski definition) is 1. The van der Waals surface area contributed by atoms with E-state index in [0.717, 1.165) is 23.2 Å². The molecule has 0 fully saturated rings. The Kier molecular flexibility index (Phi) is 4.77. The molecule has 0 saturated carbocycles. The van der Waals surface area contributed by atoms with Gasteiger partial charge in [0.15, 0.2) is 0 Å². The van der Waals surface area contributed by atoms with Crippen LogP contribution in [0.4, 0.5) is 5.69 Å². The molecule has 3 aromatic rings. The first-order chi connectivity index (χ1) is 13.1. The highest BCUT2D eigenvalue weighted by molar-refractivity contribution is 7.12. The Morgan fingerprint density at radius 3 is 2.78 bits per heavy atom. The topological polar surface area (TPSA) is 49.4 Å². The molecule has 1 aromatic heterocycles. The third-order valence-corrected chi connectivity index (χ3v) is 5.62. The largest absolute Gasteiger partial charge is 0.347 e. The predicted molar refractivity (Wildman–Crippen MR) is 108 cm³/mol. The zero-order valence-corrected chi connectivity index (χ0v) is 15.9. The summed E-state index contributed by atoms with van der Waals surface area (Å²) in [5.74, 6) is -0.0459. The number of thiophene rings is 1. The molecule has 0 spiro atoms. The van der Waals surface area contributed by atoms with Crippen LogP contribution >= 0.6 is 11.3 Å². The number of aryl methyl sites for hydroxylation is 1. The molecule has 4 nitrogen and oxygen atoms in total. The molecule has 2 amide bonds. The summed E-state index contributed by atoms with van der Waals surface area (Å²) in [6, 6.07) is 17.5. The summed E-state index contributed by atoms with van der Waals surface area (Å²) in [6.07, 6.45) is 0.856. The lowest BCUT2D eigenvalue weighted by molar-refractivity contribution is 0.0953. The minimum Gasteiger partial charge on any atom is -0.347 e. The fourth-order valence-electron chi connectivity index (χ4n) is 3.36. The van der Waals surface area contributed by atoms with Gasteiger partial charge in [-0.15, -0.1) is 11.3 Å². The smallest absolute Gasteiger partial charge is 0.261 e. The van der Waals surface area contributed by atoms with E-state index in [4.69, 9.17) is 0 Å². The summed E-state index contributed by atoms with van der Waals surface area (Å²) in [5.41, 5.74) is 4.89. The molecule has 27 heavy (non-hydrogen) atoms. The number of nitrogens with one attached hydrogen (secondary N) is 1. The second kappa shape index (κ2) is 7.37. The molecular formula is C22H20N2O2S. The molecule has 1 aliphatic heterocycles. The lowest BCUT2D eigenvalue weighted by atomic mass is 10.1. The number of fused-ring (bicyclic) bond motifs is 1. The number of carbonyl (C=O) groups excluding carboxylic acids is 2. The van der Waals surface area contributed by atoms with Crippen molar-refractivity contribution in [2.75, 3.05) is 11.4 Å². The summed E-state index contributed by atoms with van der Waals surface area (Å²) < 4.78 is 0. The Bertz CT molecular complexity index is 995. The molecule has 0 aliphatic carbocycles. The number of hydrogen-bond acceptors (Lipinski definition) is 3. The van der Waals surface area contributed by atoms with E-state index in [1.807, 2.05) is 65.7 Å². The Labute approximate surface area is 162 Å². The van der Waals surface area contributed by atoms with Crippen LogP contribution in [0.3, 0.4) is 0 Å². The Hall–Kier alpha value is -2.92. The summed E-state index contributed by atoms with van der Waals surface area (Å²) >= 11 is 1.42. The number of amides is 2. The van der Waals surface area contributed by atoms with E-state index in [1.54, 1.807) is 0 Å². The van der Waals surface area contributed by atoms with Crippen molar-refractivity contribution in [1.82, 2.24) is 5.32 Å². The molecule has 2 heterocycles. The van der Waals surface area contributed by atoms with Gasteiger partial charge in [0.05, 0.1) is 4.88 Å². The predicted octanol–water partition coefficient (Wildman–Crippen LogP) is 4.19. The average Bonchev–Trinajstić information content (AvgIpc) is 3.35. The van der Waals surface area contributed by atoms with Crippen molar-refractivity contribution >= 4 is 28.8 Å². The molecule has 0 atom stereocenters. The molecule has 5 heteroatoms. The molecule has 0 unspecified atom stereocenters. The van der Waals surface area contributed by atoms with Gasteiger partial charge in [0.2, 0.25) is 0 Å². The van der Waals surface area contributed by atoms with Crippen molar-refractivity contribution in [2.24, 2.45) is 0 Å². The lowest BCUT2D eigenvalue weighted by Gasteiger charge is -2.18. The number of benzene rings is 2. The Morgan fingerprint density at radius 1 is 1.11 bits per heavy atom. The van der Waals surface area contributed by atoms with Gasteiger partial charge in [-0.3, -0.25) is 9.59 Å². The highest BCUT2D eigenvalue weighted by Gasteiger charge is 2.25. The van der Waals surface area contributed by atoms with Crippen molar-refractivity contribution < 1.29 is 9.59 Å². The van der Waals surface area contributed by atoms with E-state index in [1.165, 1.54) is 16.9 Å². The van der Waals surface area contributed by atoms with Crippen molar-refractivity contribution in [1.29, 1.82) is 0 Å². The zero-order valence-electron chi connectivity index (χ0n) is 15.1. The van der Waals surface area contributed by atoms with Gasteiger partial charge in [0.25, 0.3) is 11.8 Å². The quantitative estimate of drug-likeness (QED) is 0.742. The van der Waals surface area contributed by atoms with Gasteiger partial charge in [-0.2, -0.15) is 0 Å². The summed E-state index contributed by atoms with van der Waals surface area (Å²) in [6.45, 7) is 3.12. The molecule has 0 radical (unpaired) electrons. The van der Waals surface area contributed by atoms with Crippen LogP contribution in [0.5, 0.6) is 0 Å². The van der Waals surface area contributed by atoms with E-state index < -0.39 is 0 Å². The van der Waals surface area contributed by atoms with Gasteiger partial charge >= 0.3 is 0 Å². The second-order valence-corrected chi connectivity index (χ2v) is 7.65. The SMILES string of the molecule is Cc1cccc(C(=O)N2CCc3ccc(CNC(=O)c4cccs4)cc32)c1. The van der Waals surface area contributed by atoms with E-state index in [-0.39, 0.29) is 11.8 Å². The van der Waals surface area contributed by atoms with Gasteiger partial charge < -0.3 is 10.2 Å². The van der Waals surface area contributed by atoms with Crippen LogP contribution in [0.15, 0.2) is 60.0 Å². The van der Waals surface area contributed by atoms with Gasteiger partial charge in [-0.05, 0) is 54.1 Å². The van der Waals surface area contributed by atoms with Crippen LogP contribution in [0.25, 0.3) is 0 Å². The number of rotatable bonds is 4.